The first-order valence-electron chi connectivity index (χ1n) is 10.1. The Kier molecular flexibility index (Phi) is 4.98. The third-order valence-electron chi connectivity index (χ3n) is 5.19. The standard InChI is InChI=1S/C21H22N8O2S/c1-28(2)32(30,31)27-17-11-16(13-29-18(17)6-10-24-29)15-5-8-22-20(12-15)25-19-7-9-23-21(26-19)14-3-4-14/h5-14,27H,3-4H2,1-2H3,(H,22,23,25,26). The van der Waals surface area contributed by atoms with Crippen LogP contribution in [0.5, 0.6) is 0 Å². The molecule has 11 heteroatoms. The molecule has 0 aliphatic heterocycles. The molecule has 164 valence electrons. The average Bonchev–Trinajstić information content (AvgIpc) is 3.51. The highest BCUT2D eigenvalue weighted by Gasteiger charge is 2.26. The van der Waals surface area contributed by atoms with E-state index < -0.39 is 10.2 Å². The molecule has 2 N–H and O–H groups in total. The smallest absolute Gasteiger partial charge is 0.301 e. The minimum absolute atomic E-state index is 0.435. The van der Waals surface area contributed by atoms with Gasteiger partial charge in [-0.2, -0.15) is 17.8 Å². The van der Waals surface area contributed by atoms with Crippen LogP contribution in [0, 0.1) is 0 Å². The van der Waals surface area contributed by atoms with Crippen molar-refractivity contribution in [2.45, 2.75) is 18.8 Å². The van der Waals surface area contributed by atoms with Gasteiger partial charge in [0.2, 0.25) is 0 Å². The minimum atomic E-state index is -3.67. The number of hydrogen-bond donors (Lipinski definition) is 2. The molecule has 4 heterocycles. The van der Waals surface area contributed by atoms with Crippen molar-refractivity contribution in [3.05, 3.63) is 60.9 Å². The molecule has 0 radical (unpaired) electrons. The maximum atomic E-state index is 12.4. The van der Waals surface area contributed by atoms with E-state index >= 15 is 0 Å². The summed E-state index contributed by atoms with van der Waals surface area (Å²) in [5.41, 5.74) is 2.72. The van der Waals surface area contributed by atoms with Crippen molar-refractivity contribution in [2.75, 3.05) is 24.1 Å². The summed E-state index contributed by atoms with van der Waals surface area (Å²) in [5.74, 6) is 2.63. The van der Waals surface area contributed by atoms with Crippen molar-refractivity contribution in [1.82, 2.24) is 28.9 Å². The van der Waals surface area contributed by atoms with E-state index in [9.17, 15) is 8.42 Å². The average molecular weight is 451 g/mol. The van der Waals surface area contributed by atoms with Gasteiger partial charge in [0.15, 0.2) is 0 Å². The van der Waals surface area contributed by atoms with Crippen LogP contribution in [-0.4, -0.2) is 51.4 Å². The molecule has 0 saturated heterocycles. The molecule has 0 unspecified atom stereocenters. The van der Waals surface area contributed by atoms with Gasteiger partial charge in [0.05, 0.1) is 17.4 Å². The maximum absolute atomic E-state index is 12.4. The quantitative estimate of drug-likeness (QED) is 0.444. The number of aromatic nitrogens is 5. The molecule has 0 aromatic carbocycles. The van der Waals surface area contributed by atoms with E-state index in [2.05, 4.69) is 30.1 Å². The van der Waals surface area contributed by atoms with E-state index in [4.69, 9.17) is 0 Å². The lowest BCUT2D eigenvalue weighted by molar-refractivity contribution is 0.527. The zero-order valence-corrected chi connectivity index (χ0v) is 18.4. The Morgan fingerprint density at radius 1 is 1.00 bits per heavy atom. The van der Waals surface area contributed by atoms with Gasteiger partial charge in [-0.05, 0) is 48.7 Å². The second-order valence-electron chi connectivity index (χ2n) is 7.82. The van der Waals surface area contributed by atoms with E-state index in [-0.39, 0.29) is 0 Å². The Bertz CT molecular complexity index is 1400. The van der Waals surface area contributed by atoms with E-state index in [1.807, 2.05) is 24.4 Å². The van der Waals surface area contributed by atoms with Crippen LogP contribution in [0.25, 0.3) is 16.6 Å². The lowest BCUT2D eigenvalue weighted by atomic mass is 10.1. The Morgan fingerprint density at radius 3 is 2.59 bits per heavy atom. The van der Waals surface area contributed by atoms with Gasteiger partial charge in [-0.1, -0.05) is 0 Å². The summed E-state index contributed by atoms with van der Waals surface area (Å²) in [5, 5.41) is 7.52. The maximum Gasteiger partial charge on any atom is 0.301 e. The van der Waals surface area contributed by atoms with Gasteiger partial charge in [0, 0.05) is 44.2 Å². The van der Waals surface area contributed by atoms with Crippen LogP contribution < -0.4 is 10.0 Å². The lowest BCUT2D eigenvalue weighted by Gasteiger charge is -2.15. The predicted octanol–water partition coefficient (Wildman–Crippen LogP) is 3.03. The van der Waals surface area contributed by atoms with Crippen LogP contribution in [0.4, 0.5) is 17.3 Å². The molecule has 0 amide bonds. The molecule has 5 rings (SSSR count). The summed E-state index contributed by atoms with van der Waals surface area (Å²) in [6.07, 6.45) is 9.18. The molecule has 0 spiro atoms. The van der Waals surface area contributed by atoms with Crippen molar-refractivity contribution in [2.24, 2.45) is 0 Å². The normalized spacial score (nSPS) is 14.1. The van der Waals surface area contributed by atoms with Crippen LogP contribution >= 0.6 is 0 Å². The highest BCUT2D eigenvalue weighted by Crippen LogP contribution is 2.38. The minimum Gasteiger partial charge on any atom is -0.325 e. The molecule has 0 atom stereocenters. The van der Waals surface area contributed by atoms with E-state index in [0.29, 0.717) is 28.8 Å². The fourth-order valence-corrected chi connectivity index (χ4v) is 3.91. The van der Waals surface area contributed by atoms with Crippen molar-refractivity contribution >= 4 is 33.0 Å². The molecule has 4 aromatic rings. The largest absolute Gasteiger partial charge is 0.325 e. The topological polar surface area (TPSA) is 117 Å². The van der Waals surface area contributed by atoms with E-state index in [1.165, 1.54) is 14.1 Å². The molecule has 4 aromatic heterocycles. The van der Waals surface area contributed by atoms with Gasteiger partial charge in [-0.15, -0.1) is 0 Å². The number of fused-ring (bicyclic) bond motifs is 1. The van der Waals surface area contributed by atoms with Crippen molar-refractivity contribution in [3.63, 3.8) is 0 Å². The third-order valence-corrected chi connectivity index (χ3v) is 6.63. The molecule has 10 nitrogen and oxygen atoms in total. The molecule has 0 bridgehead atoms. The summed E-state index contributed by atoms with van der Waals surface area (Å²) in [7, 11) is -0.722. The molecule has 1 fully saturated rings. The number of nitrogens with zero attached hydrogens (tertiary/aromatic N) is 6. The molecule has 1 aliphatic rings. The van der Waals surface area contributed by atoms with Gasteiger partial charge >= 0.3 is 10.2 Å². The highest BCUT2D eigenvalue weighted by atomic mass is 32.2. The van der Waals surface area contributed by atoms with Crippen molar-refractivity contribution < 1.29 is 8.42 Å². The molecule has 1 saturated carbocycles. The number of pyridine rings is 2. The second-order valence-corrected chi connectivity index (χ2v) is 9.71. The van der Waals surface area contributed by atoms with E-state index in [0.717, 1.165) is 34.1 Å². The molecule has 1 aliphatic carbocycles. The van der Waals surface area contributed by atoms with Crippen LogP contribution in [-0.2, 0) is 10.2 Å². The summed E-state index contributed by atoms with van der Waals surface area (Å²) >= 11 is 0. The van der Waals surface area contributed by atoms with Gasteiger partial charge < -0.3 is 5.32 Å². The Balaban J connectivity index is 1.48. The molecular formula is C21H22N8O2S. The Labute approximate surface area is 185 Å². The predicted molar refractivity (Wildman–Crippen MR) is 122 cm³/mol. The Hall–Kier alpha value is -3.57. The fraction of sp³-hybridized carbons (Fsp3) is 0.238. The van der Waals surface area contributed by atoms with Crippen LogP contribution in [0.2, 0.25) is 0 Å². The van der Waals surface area contributed by atoms with Crippen LogP contribution in [0.1, 0.15) is 24.6 Å². The summed E-state index contributed by atoms with van der Waals surface area (Å²) < 4.78 is 30.2. The Morgan fingerprint density at radius 2 is 1.81 bits per heavy atom. The lowest BCUT2D eigenvalue weighted by Crippen LogP contribution is -2.29. The highest BCUT2D eigenvalue weighted by molar-refractivity contribution is 7.90. The molecular weight excluding hydrogens is 428 g/mol. The van der Waals surface area contributed by atoms with Gasteiger partial charge in [0.25, 0.3) is 0 Å². The van der Waals surface area contributed by atoms with Gasteiger partial charge in [-0.25, -0.2) is 19.5 Å². The van der Waals surface area contributed by atoms with Gasteiger partial charge in [-0.3, -0.25) is 4.72 Å². The number of anilines is 3. The molecule has 32 heavy (non-hydrogen) atoms. The number of rotatable bonds is 7. The van der Waals surface area contributed by atoms with Crippen LogP contribution in [0.3, 0.4) is 0 Å². The first-order valence-corrected chi connectivity index (χ1v) is 11.6. The fourth-order valence-electron chi connectivity index (χ4n) is 3.29. The number of hydrogen-bond acceptors (Lipinski definition) is 7. The first kappa shape index (κ1) is 20.3. The van der Waals surface area contributed by atoms with Gasteiger partial charge in [0.1, 0.15) is 17.5 Å². The monoisotopic (exact) mass is 450 g/mol. The van der Waals surface area contributed by atoms with Crippen molar-refractivity contribution in [3.8, 4) is 11.1 Å². The zero-order chi connectivity index (χ0) is 22.3. The third kappa shape index (κ3) is 4.12. The SMILES string of the molecule is CN(C)S(=O)(=O)Nc1cc(-c2ccnc(Nc3ccnc(C4CC4)n3)c2)cn2nccc12. The number of nitrogens with one attached hydrogen (secondary N) is 2. The summed E-state index contributed by atoms with van der Waals surface area (Å²) in [4.78, 5) is 13.3. The zero-order valence-electron chi connectivity index (χ0n) is 17.6. The van der Waals surface area contributed by atoms with E-state index in [1.54, 1.807) is 35.2 Å². The summed E-state index contributed by atoms with van der Waals surface area (Å²) in [6.45, 7) is 0. The first-order chi connectivity index (χ1) is 15.4. The van der Waals surface area contributed by atoms with Crippen LogP contribution in [0.15, 0.2) is 55.1 Å². The summed E-state index contributed by atoms with van der Waals surface area (Å²) in [6, 6.07) is 9.09. The van der Waals surface area contributed by atoms with Crippen molar-refractivity contribution in [1.29, 1.82) is 0 Å². The second kappa shape index (κ2) is 7.84.